The van der Waals surface area contributed by atoms with Crippen LogP contribution in [0.1, 0.15) is 0 Å². The van der Waals surface area contributed by atoms with Gasteiger partial charge in [0, 0.05) is 44.0 Å². The molecule has 0 atom stereocenters. The summed E-state index contributed by atoms with van der Waals surface area (Å²) in [6.45, 7) is -1.18. The molecular weight excluding hydrogens is 405 g/mol. The Labute approximate surface area is 170 Å². The maximum atomic E-state index is 13.6. The summed E-state index contributed by atoms with van der Waals surface area (Å²) in [4.78, 5) is 26.1. The normalized spacial score (nSPS) is 14.6. The Morgan fingerprint density at radius 1 is 1.17 bits per heavy atom. The lowest BCUT2D eigenvalue weighted by molar-refractivity contribution is -0.386. The fraction of sp³-hybridized carbons (Fsp3) is 0.316. The molecule has 8 nitrogen and oxygen atoms in total. The summed E-state index contributed by atoms with van der Waals surface area (Å²) in [5.41, 5.74) is 0.0767. The molecule has 0 aromatic heterocycles. The molecule has 1 saturated heterocycles. The Hall–Kier alpha value is -3.34. The number of nitrogens with zero attached hydrogens (tertiary/aromatic N) is 3. The van der Waals surface area contributed by atoms with Gasteiger partial charge in [-0.25, -0.2) is 4.39 Å². The molecule has 3 rings (SSSR count). The van der Waals surface area contributed by atoms with Crippen molar-refractivity contribution in [3.8, 4) is 5.75 Å². The van der Waals surface area contributed by atoms with E-state index in [9.17, 15) is 28.1 Å². The largest absolute Gasteiger partial charge is 0.427 e. The van der Waals surface area contributed by atoms with Crippen LogP contribution in [-0.2, 0) is 4.79 Å². The number of alkyl halides is 2. The molecule has 0 unspecified atom stereocenters. The Morgan fingerprint density at radius 3 is 2.50 bits per heavy atom. The highest BCUT2D eigenvalue weighted by Gasteiger charge is 2.24. The highest BCUT2D eigenvalue weighted by molar-refractivity contribution is 5.92. The van der Waals surface area contributed by atoms with Crippen molar-refractivity contribution in [2.75, 3.05) is 42.9 Å². The molecule has 0 spiro atoms. The second-order valence-corrected chi connectivity index (χ2v) is 6.58. The van der Waals surface area contributed by atoms with Gasteiger partial charge in [0.2, 0.25) is 11.7 Å². The third-order valence-electron chi connectivity index (χ3n) is 4.61. The number of nitrogens with one attached hydrogen (secondary N) is 1. The van der Waals surface area contributed by atoms with E-state index in [0.29, 0.717) is 31.9 Å². The smallest absolute Gasteiger partial charge is 0.387 e. The molecule has 2 aromatic carbocycles. The third-order valence-corrected chi connectivity index (χ3v) is 4.61. The van der Waals surface area contributed by atoms with Crippen LogP contribution in [0.4, 0.5) is 30.2 Å². The number of hydrogen-bond acceptors (Lipinski definition) is 6. The van der Waals surface area contributed by atoms with Gasteiger partial charge in [-0.2, -0.15) is 8.78 Å². The molecule has 1 aliphatic heterocycles. The quantitative estimate of drug-likeness (QED) is 0.543. The minimum Gasteiger partial charge on any atom is -0.427 e. The van der Waals surface area contributed by atoms with Crippen LogP contribution in [0.2, 0.25) is 0 Å². The fourth-order valence-corrected chi connectivity index (χ4v) is 3.16. The molecule has 1 fully saturated rings. The second kappa shape index (κ2) is 9.44. The van der Waals surface area contributed by atoms with Gasteiger partial charge < -0.3 is 15.0 Å². The SMILES string of the molecule is O=C(CN1CCN(c2ccc([N+](=O)[O-])c(OC(F)F)c2)CC1)Nc1ccccc1F. The molecule has 0 saturated carbocycles. The Bertz CT molecular complexity index is 920. The fourth-order valence-electron chi connectivity index (χ4n) is 3.16. The number of hydrogen-bond donors (Lipinski definition) is 1. The summed E-state index contributed by atoms with van der Waals surface area (Å²) in [6.07, 6.45) is 0. The number of nitro groups is 1. The third kappa shape index (κ3) is 5.38. The predicted molar refractivity (Wildman–Crippen MR) is 103 cm³/mol. The minimum atomic E-state index is -3.18. The zero-order chi connectivity index (χ0) is 21.7. The number of carbonyl (C=O) groups excluding carboxylic acids is 1. The number of halogens is 3. The standard InChI is InChI=1S/C19H19F3N4O4/c20-14-3-1-2-4-15(14)23-18(27)12-24-7-9-25(10-8-24)13-5-6-16(26(28)29)17(11-13)30-19(21)22/h1-6,11,19H,7-10,12H2,(H,23,27). The molecule has 1 heterocycles. The molecule has 160 valence electrons. The Morgan fingerprint density at radius 2 is 1.87 bits per heavy atom. The van der Waals surface area contributed by atoms with Gasteiger partial charge in [0.05, 0.1) is 17.2 Å². The van der Waals surface area contributed by atoms with Crippen molar-refractivity contribution in [1.29, 1.82) is 0 Å². The lowest BCUT2D eigenvalue weighted by atomic mass is 10.2. The average molecular weight is 424 g/mol. The molecule has 1 aliphatic rings. The van der Waals surface area contributed by atoms with Crippen molar-refractivity contribution in [2.45, 2.75) is 6.61 Å². The highest BCUT2D eigenvalue weighted by atomic mass is 19.3. The maximum Gasteiger partial charge on any atom is 0.387 e. The summed E-state index contributed by atoms with van der Waals surface area (Å²) < 4.78 is 43.0. The topological polar surface area (TPSA) is 88.0 Å². The van der Waals surface area contributed by atoms with Gasteiger partial charge in [-0.15, -0.1) is 0 Å². The van der Waals surface area contributed by atoms with E-state index in [4.69, 9.17) is 0 Å². The summed E-state index contributed by atoms with van der Waals surface area (Å²) in [5.74, 6) is -1.37. The first-order chi connectivity index (χ1) is 14.3. The molecule has 2 aromatic rings. The van der Waals surface area contributed by atoms with Crippen LogP contribution in [0, 0.1) is 15.9 Å². The van der Waals surface area contributed by atoms with E-state index >= 15 is 0 Å². The van der Waals surface area contributed by atoms with Gasteiger partial charge >= 0.3 is 12.3 Å². The van der Waals surface area contributed by atoms with Crippen LogP contribution in [-0.4, -0.2) is 55.1 Å². The first-order valence-electron chi connectivity index (χ1n) is 9.08. The number of nitro benzene ring substituents is 1. The van der Waals surface area contributed by atoms with Crippen molar-refractivity contribution in [2.24, 2.45) is 0 Å². The van der Waals surface area contributed by atoms with Crippen LogP contribution >= 0.6 is 0 Å². The van der Waals surface area contributed by atoms with Crippen molar-refractivity contribution in [1.82, 2.24) is 4.90 Å². The first-order valence-corrected chi connectivity index (χ1v) is 9.08. The number of carbonyl (C=O) groups is 1. The molecule has 30 heavy (non-hydrogen) atoms. The van der Waals surface area contributed by atoms with Gasteiger partial charge in [-0.1, -0.05) is 12.1 Å². The van der Waals surface area contributed by atoms with Crippen molar-refractivity contribution < 1.29 is 27.6 Å². The average Bonchev–Trinajstić information content (AvgIpc) is 2.69. The maximum absolute atomic E-state index is 13.6. The lowest BCUT2D eigenvalue weighted by Gasteiger charge is -2.35. The number of ether oxygens (including phenoxy) is 1. The van der Waals surface area contributed by atoms with Gasteiger partial charge in [-0.05, 0) is 18.2 Å². The number of amides is 1. The van der Waals surface area contributed by atoms with E-state index in [1.54, 1.807) is 6.07 Å². The monoisotopic (exact) mass is 424 g/mol. The molecule has 0 bridgehead atoms. The van der Waals surface area contributed by atoms with Gasteiger partial charge in [0.1, 0.15) is 5.82 Å². The Kier molecular flexibility index (Phi) is 6.72. The van der Waals surface area contributed by atoms with E-state index in [2.05, 4.69) is 10.1 Å². The zero-order valence-corrected chi connectivity index (χ0v) is 15.8. The van der Waals surface area contributed by atoms with E-state index in [1.165, 1.54) is 30.3 Å². The summed E-state index contributed by atoms with van der Waals surface area (Å²) >= 11 is 0. The van der Waals surface area contributed by atoms with Crippen LogP contribution < -0.4 is 15.0 Å². The Balaban J connectivity index is 1.58. The predicted octanol–water partition coefficient (Wildman–Crippen LogP) is 3.10. The van der Waals surface area contributed by atoms with E-state index < -0.39 is 28.8 Å². The number of rotatable bonds is 7. The molecule has 1 amide bonds. The summed E-state index contributed by atoms with van der Waals surface area (Å²) in [5, 5.41) is 13.5. The summed E-state index contributed by atoms with van der Waals surface area (Å²) in [7, 11) is 0. The number of para-hydroxylation sites is 1. The summed E-state index contributed by atoms with van der Waals surface area (Å²) in [6, 6.07) is 9.68. The first kappa shape index (κ1) is 21.4. The van der Waals surface area contributed by atoms with Crippen LogP contribution in [0.3, 0.4) is 0 Å². The lowest BCUT2D eigenvalue weighted by Crippen LogP contribution is -2.48. The van der Waals surface area contributed by atoms with Crippen molar-refractivity contribution in [3.63, 3.8) is 0 Å². The van der Waals surface area contributed by atoms with E-state index in [-0.39, 0.29) is 18.1 Å². The molecule has 0 radical (unpaired) electrons. The molecular formula is C19H19F3N4O4. The molecule has 1 N–H and O–H groups in total. The number of piperazine rings is 1. The number of benzene rings is 2. The highest BCUT2D eigenvalue weighted by Crippen LogP contribution is 2.33. The van der Waals surface area contributed by atoms with Crippen LogP contribution in [0.5, 0.6) is 5.75 Å². The van der Waals surface area contributed by atoms with Crippen LogP contribution in [0.15, 0.2) is 42.5 Å². The number of anilines is 2. The minimum absolute atomic E-state index is 0.0716. The zero-order valence-electron chi connectivity index (χ0n) is 15.8. The van der Waals surface area contributed by atoms with E-state index in [0.717, 1.165) is 6.07 Å². The van der Waals surface area contributed by atoms with Crippen LogP contribution in [0.25, 0.3) is 0 Å². The van der Waals surface area contributed by atoms with Gasteiger partial charge in [-0.3, -0.25) is 19.8 Å². The van der Waals surface area contributed by atoms with Crippen molar-refractivity contribution in [3.05, 3.63) is 58.4 Å². The molecule has 11 heteroatoms. The molecule has 0 aliphatic carbocycles. The second-order valence-electron chi connectivity index (χ2n) is 6.58. The van der Waals surface area contributed by atoms with E-state index in [1.807, 2.05) is 9.80 Å². The van der Waals surface area contributed by atoms with Gasteiger partial charge in [0.25, 0.3) is 0 Å². The van der Waals surface area contributed by atoms with Crippen molar-refractivity contribution >= 4 is 23.0 Å². The van der Waals surface area contributed by atoms with Gasteiger partial charge in [0.15, 0.2) is 0 Å².